The maximum absolute atomic E-state index is 13.3. The predicted octanol–water partition coefficient (Wildman–Crippen LogP) is 3.54. The van der Waals surface area contributed by atoms with Crippen LogP contribution in [0.15, 0.2) is 56.9 Å². The van der Waals surface area contributed by atoms with Crippen LogP contribution < -0.4 is 10.9 Å². The molecule has 0 aliphatic carbocycles. The van der Waals surface area contributed by atoms with E-state index in [9.17, 15) is 22.6 Å². The minimum Gasteiger partial charge on any atom is -0.354 e. The van der Waals surface area contributed by atoms with Gasteiger partial charge >= 0.3 is 0 Å². The lowest BCUT2D eigenvalue weighted by atomic mass is 10.00. The Morgan fingerprint density at radius 3 is 2.30 bits per heavy atom. The lowest BCUT2D eigenvalue weighted by Gasteiger charge is -2.11. The molecule has 8 heteroatoms. The topological polar surface area (TPSA) is 120 Å². The van der Waals surface area contributed by atoms with Gasteiger partial charge in [-0.05, 0) is 55.3 Å². The average Bonchev–Trinajstić information content (AvgIpc) is 2.68. The number of nitrogens with one attached hydrogen (secondary N) is 2. The fraction of sp³-hybridized carbons (Fsp3) is 0.0909. The largest absolute Gasteiger partial charge is 0.354 e. The molecule has 5 aromatic rings. The zero-order valence-electron chi connectivity index (χ0n) is 16.0. The predicted molar refractivity (Wildman–Crippen MR) is 117 cm³/mol. The number of aromatic amines is 2. The van der Waals surface area contributed by atoms with Crippen molar-refractivity contribution < 1.29 is 13.0 Å². The molecule has 30 heavy (non-hydrogen) atoms. The second-order valence-corrected chi connectivity index (χ2v) is 8.85. The molecular weight excluding hydrogens is 404 g/mol. The number of pyridine rings is 2. The zero-order valence-corrected chi connectivity index (χ0v) is 16.8. The van der Waals surface area contributed by atoms with Crippen molar-refractivity contribution in [1.29, 1.82) is 0 Å². The van der Waals surface area contributed by atoms with Crippen LogP contribution in [0.1, 0.15) is 11.1 Å². The van der Waals surface area contributed by atoms with Crippen LogP contribution in [0, 0.1) is 13.8 Å². The Kier molecular flexibility index (Phi) is 3.71. The first-order valence-electron chi connectivity index (χ1n) is 9.19. The Morgan fingerprint density at radius 2 is 1.57 bits per heavy atom. The van der Waals surface area contributed by atoms with Crippen molar-refractivity contribution in [3.8, 4) is 0 Å². The highest BCUT2D eigenvalue weighted by molar-refractivity contribution is 7.86. The van der Waals surface area contributed by atoms with Gasteiger partial charge in [0.25, 0.3) is 10.1 Å². The number of H-pyrrole nitrogens is 2. The smallest absolute Gasteiger partial charge is 0.295 e. The van der Waals surface area contributed by atoms with Gasteiger partial charge in [-0.3, -0.25) is 14.1 Å². The number of rotatable bonds is 1. The lowest BCUT2D eigenvalue weighted by Crippen LogP contribution is -2.13. The van der Waals surface area contributed by atoms with Crippen molar-refractivity contribution in [2.24, 2.45) is 0 Å². The van der Waals surface area contributed by atoms with E-state index in [-0.39, 0.29) is 21.7 Å². The van der Waals surface area contributed by atoms with Crippen LogP contribution in [0.4, 0.5) is 0 Å². The summed E-state index contributed by atoms with van der Waals surface area (Å²) < 4.78 is 33.2. The molecule has 0 spiro atoms. The number of aryl methyl sites for hydroxylation is 2. The molecule has 0 atom stereocenters. The standard InChI is InChI=1S/C22H16N2O5S/c1-10-6-7-12-15(8-10)24-20-11(2)18-16(9-13(20)21(12)25)23-14-4-3-5-17(30(27,28)29)19(14)22(18)26/h3-9H,1-2H3,(H,23,26)(H,24,25)(H,27,28,29). The molecule has 0 radical (unpaired) electrons. The van der Waals surface area contributed by atoms with Gasteiger partial charge in [-0.15, -0.1) is 0 Å². The average molecular weight is 420 g/mol. The molecule has 0 fully saturated rings. The molecule has 0 aliphatic heterocycles. The first-order chi connectivity index (χ1) is 14.2. The summed E-state index contributed by atoms with van der Waals surface area (Å²) in [5.74, 6) is 0. The fourth-order valence-corrected chi connectivity index (χ4v) is 4.85. The van der Waals surface area contributed by atoms with E-state index in [1.54, 1.807) is 25.1 Å². The Bertz CT molecular complexity index is 1780. The van der Waals surface area contributed by atoms with E-state index in [0.717, 1.165) is 5.56 Å². The third-order valence-corrected chi connectivity index (χ3v) is 6.42. The number of hydrogen-bond acceptors (Lipinski definition) is 4. The van der Waals surface area contributed by atoms with Crippen LogP contribution in [-0.4, -0.2) is 22.9 Å². The van der Waals surface area contributed by atoms with Crippen molar-refractivity contribution >= 4 is 53.7 Å². The van der Waals surface area contributed by atoms with Crippen molar-refractivity contribution in [2.75, 3.05) is 0 Å². The van der Waals surface area contributed by atoms with E-state index < -0.39 is 20.4 Å². The normalized spacial score (nSPS) is 12.4. The molecule has 3 N–H and O–H groups in total. The maximum atomic E-state index is 13.3. The Morgan fingerprint density at radius 1 is 0.800 bits per heavy atom. The quantitative estimate of drug-likeness (QED) is 0.283. The van der Waals surface area contributed by atoms with Crippen LogP contribution in [0.5, 0.6) is 0 Å². The molecule has 0 saturated carbocycles. The van der Waals surface area contributed by atoms with E-state index in [0.29, 0.717) is 32.9 Å². The van der Waals surface area contributed by atoms with E-state index in [2.05, 4.69) is 9.97 Å². The van der Waals surface area contributed by atoms with Gasteiger partial charge in [0.05, 0.1) is 32.8 Å². The summed E-state index contributed by atoms with van der Waals surface area (Å²) >= 11 is 0. The summed E-state index contributed by atoms with van der Waals surface area (Å²) in [5.41, 5.74) is 2.67. The van der Waals surface area contributed by atoms with Crippen molar-refractivity contribution in [1.82, 2.24) is 9.97 Å². The summed E-state index contributed by atoms with van der Waals surface area (Å²) in [6.07, 6.45) is 0. The molecular formula is C22H16N2O5S. The molecule has 5 rings (SSSR count). The molecule has 7 nitrogen and oxygen atoms in total. The maximum Gasteiger partial charge on any atom is 0.295 e. The van der Waals surface area contributed by atoms with Gasteiger partial charge in [0.2, 0.25) is 0 Å². The number of aromatic nitrogens is 2. The number of fused-ring (bicyclic) bond motifs is 4. The zero-order chi connectivity index (χ0) is 21.4. The first-order valence-corrected chi connectivity index (χ1v) is 10.6. The molecule has 0 unspecified atom stereocenters. The summed E-state index contributed by atoms with van der Waals surface area (Å²) in [7, 11) is -4.59. The molecule has 0 amide bonds. The van der Waals surface area contributed by atoms with E-state index >= 15 is 0 Å². The summed E-state index contributed by atoms with van der Waals surface area (Å²) in [4.78, 5) is 32.3. The Labute approximate surface area is 169 Å². The van der Waals surface area contributed by atoms with Gasteiger partial charge in [0.1, 0.15) is 4.90 Å². The number of hydrogen-bond donors (Lipinski definition) is 3. The molecule has 3 aromatic carbocycles. The third-order valence-electron chi connectivity index (χ3n) is 5.53. The second-order valence-electron chi connectivity index (χ2n) is 7.46. The van der Waals surface area contributed by atoms with Crippen molar-refractivity contribution in [2.45, 2.75) is 18.7 Å². The molecule has 0 aliphatic rings. The van der Waals surface area contributed by atoms with E-state index in [1.165, 1.54) is 12.1 Å². The van der Waals surface area contributed by atoms with Gasteiger partial charge in [-0.2, -0.15) is 8.42 Å². The highest BCUT2D eigenvalue weighted by Gasteiger charge is 2.20. The van der Waals surface area contributed by atoms with Crippen LogP contribution in [0.2, 0.25) is 0 Å². The van der Waals surface area contributed by atoms with Crippen LogP contribution in [0.25, 0.3) is 43.6 Å². The minimum atomic E-state index is -4.59. The van der Waals surface area contributed by atoms with Gasteiger partial charge in [-0.25, -0.2) is 0 Å². The lowest BCUT2D eigenvalue weighted by molar-refractivity contribution is 0.484. The molecule has 2 heterocycles. The van der Waals surface area contributed by atoms with Gasteiger partial charge in [0.15, 0.2) is 10.9 Å². The summed E-state index contributed by atoms with van der Waals surface area (Å²) in [6.45, 7) is 3.63. The third kappa shape index (κ3) is 2.51. The van der Waals surface area contributed by atoms with Gasteiger partial charge in [0, 0.05) is 10.8 Å². The second kappa shape index (κ2) is 6.01. The molecule has 150 valence electrons. The van der Waals surface area contributed by atoms with E-state index in [4.69, 9.17) is 0 Å². The SMILES string of the molecule is Cc1ccc2c(=O)c3cc4[nH]c5cccc(S(=O)(=O)O)c5c(=O)c4c(C)c3[nH]c2c1. The number of benzene rings is 3. The monoisotopic (exact) mass is 420 g/mol. The summed E-state index contributed by atoms with van der Waals surface area (Å²) in [6, 6.07) is 11.3. The van der Waals surface area contributed by atoms with Gasteiger partial charge < -0.3 is 9.97 Å². The highest BCUT2D eigenvalue weighted by Crippen LogP contribution is 2.27. The van der Waals surface area contributed by atoms with Crippen LogP contribution in [0.3, 0.4) is 0 Å². The molecule has 0 bridgehead atoms. The minimum absolute atomic E-state index is 0.117. The molecule has 2 aromatic heterocycles. The van der Waals surface area contributed by atoms with Crippen molar-refractivity contribution in [3.63, 3.8) is 0 Å². The fourth-order valence-electron chi connectivity index (χ4n) is 4.14. The Balaban J connectivity index is 2.06. The van der Waals surface area contributed by atoms with E-state index in [1.807, 2.05) is 19.1 Å². The first kappa shape index (κ1) is 18.5. The summed E-state index contributed by atoms with van der Waals surface area (Å²) in [5, 5.41) is 1.11. The van der Waals surface area contributed by atoms with Crippen LogP contribution in [-0.2, 0) is 10.1 Å². The van der Waals surface area contributed by atoms with Crippen LogP contribution >= 0.6 is 0 Å². The Hall–Kier alpha value is -3.49. The molecule has 0 saturated heterocycles. The van der Waals surface area contributed by atoms with Crippen molar-refractivity contribution in [3.05, 3.63) is 74.0 Å². The highest BCUT2D eigenvalue weighted by atomic mass is 32.2. The van der Waals surface area contributed by atoms with Gasteiger partial charge in [-0.1, -0.05) is 12.1 Å².